The monoisotopic (exact) mass is 302 g/mol. The van der Waals surface area contributed by atoms with Gasteiger partial charge in [-0.2, -0.15) is 0 Å². The molecule has 0 bridgehead atoms. The predicted octanol–water partition coefficient (Wildman–Crippen LogP) is 2.93. The Morgan fingerprint density at radius 2 is 1.90 bits per heavy atom. The fourth-order valence-electron chi connectivity index (χ4n) is 2.82. The van der Waals surface area contributed by atoms with Gasteiger partial charge in [0.2, 0.25) is 0 Å². The molecule has 5 heteroatoms. The minimum atomic E-state index is 0.287. The fourth-order valence-corrected chi connectivity index (χ4v) is 3.04. The van der Waals surface area contributed by atoms with Crippen molar-refractivity contribution in [1.29, 1.82) is 0 Å². The smallest absolute Gasteiger partial charge is 0.134 e. The maximum absolute atomic E-state index is 6.10. The van der Waals surface area contributed by atoms with Gasteiger partial charge in [0.1, 0.15) is 16.8 Å². The van der Waals surface area contributed by atoms with Crippen LogP contribution in [0.3, 0.4) is 0 Å². The zero-order valence-corrected chi connectivity index (χ0v) is 13.1. The van der Waals surface area contributed by atoms with Crippen LogP contribution >= 0.6 is 11.6 Å². The van der Waals surface area contributed by atoms with Crippen molar-refractivity contribution in [1.82, 2.24) is 14.9 Å². The summed E-state index contributed by atoms with van der Waals surface area (Å²) in [6, 6.07) is 12.7. The van der Waals surface area contributed by atoms with Gasteiger partial charge in [-0.05, 0) is 19.5 Å². The van der Waals surface area contributed by atoms with Crippen LogP contribution in [0.1, 0.15) is 17.4 Å². The molecule has 3 rings (SSSR count). The molecule has 1 aliphatic rings. The van der Waals surface area contributed by atoms with E-state index >= 15 is 0 Å². The standard InChI is InChI=1S/C16H19ClN4/c1-12-18-15(17)10-16(19-12)21-9-8-20(2)11-14(21)13-6-4-3-5-7-13/h3-7,10,14H,8-9,11H2,1-2H3. The number of hydrogen-bond donors (Lipinski definition) is 0. The van der Waals surface area contributed by atoms with Gasteiger partial charge in [0.05, 0.1) is 6.04 Å². The van der Waals surface area contributed by atoms with Gasteiger partial charge in [0.25, 0.3) is 0 Å². The van der Waals surface area contributed by atoms with E-state index in [0.717, 1.165) is 25.5 Å². The van der Waals surface area contributed by atoms with E-state index in [2.05, 4.69) is 51.1 Å². The Morgan fingerprint density at radius 3 is 2.62 bits per heavy atom. The predicted molar refractivity (Wildman–Crippen MR) is 85.8 cm³/mol. The summed E-state index contributed by atoms with van der Waals surface area (Å²) < 4.78 is 0. The number of anilines is 1. The first-order valence-corrected chi connectivity index (χ1v) is 7.52. The van der Waals surface area contributed by atoms with E-state index in [-0.39, 0.29) is 6.04 Å². The SMILES string of the molecule is Cc1nc(Cl)cc(N2CCN(C)CC2c2ccccc2)n1. The second kappa shape index (κ2) is 6.00. The van der Waals surface area contributed by atoms with Crippen LogP contribution in [0.2, 0.25) is 5.15 Å². The van der Waals surface area contributed by atoms with Gasteiger partial charge in [-0.15, -0.1) is 0 Å². The number of nitrogens with zero attached hydrogens (tertiary/aromatic N) is 4. The first-order valence-electron chi connectivity index (χ1n) is 7.15. The van der Waals surface area contributed by atoms with Gasteiger partial charge in [-0.25, -0.2) is 9.97 Å². The molecule has 1 aromatic carbocycles. The van der Waals surface area contributed by atoms with Crippen molar-refractivity contribution in [3.05, 3.63) is 52.9 Å². The molecule has 1 aromatic heterocycles. The Hall–Kier alpha value is -1.65. The van der Waals surface area contributed by atoms with Crippen LogP contribution in [0.5, 0.6) is 0 Å². The Labute approximate surface area is 130 Å². The minimum absolute atomic E-state index is 0.287. The lowest BCUT2D eigenvalue weighted by molar-refractivity contribution is 0.268. The summed E-state index contributed by atoms with van der Waals surface area (Å²) in [5.74, 6) is 1.62. The lowest BCUT2D eigenvalue weighted by Crippen LogP contribution is -2.47. The van der Waals surface area contributed by atoms with Crippen molar-refractivity contribution < 1.29 is 0 Å². The molecule has 0 spiro atoms. The third-order valence-corrected chi connectivity index (χ3v) is 4.05. The van der Waals surface area contributed by atoms with Crippen molar-refractivity contribution in [2.75, 3.05) is 31.6 Å². The summed E-state index contributed by atoms with van der Waals surface area (Å²) in [6.45, 7) is 4.81. The summed E-state index contributed by atoms with van der Waals surface area (Å²) in [7, 11) is 2.16. The second-order valence-electron chi connectivity index (χ2n) is 5.48. The number of hydrogen-bond acceptors (Lipinski definition) is 4. The molecule has 0 amide bonds. The molecule has 1 aliphatic heterocycles. The fraction of sp³-hybridized carbons (Fsp3) is 0.375. The summed E-state index contributed by atoms with van der Waals surface area (Å²) >= 11 is 6.10. The molecule has 4 nitrogen and oxygen atoms in total. The molecule has 1 saturated heterocycles. The summed E-state index contributed by atoms with van der Waals surface area (Å²) in [6.07, 6.45) is 0. The highest BCUT2D eigenvalue weighted by Crippen LogP contribution is 2.30. The normalized spacial score (nSPS) is 19.8. The first kappa shape index (κ1) is 14.3. The molecule has 21 heavy (non-hydrogen) atoms. The highest BCUT2D eigenvalue weighted by atomic mass is 35.5. The molecule has 2 aromatic rings. The van der Waals surface area contributed by atoms with Crippen molar-refractivity contribution in [3.63, 3.8) is 0 Å². The molecule has 2 heterocycles. The zero-order valence-electron chi connectivity index (χ0n) is 12.3. The van der Waals surface area contributed by atoms with Gasteiger partial charge in [0, 0.05) is 25.7 Å². The van der Waals surface area contributed by atoms with Crippen molar-refractivity contribution in [3.8, 4) is 0 Å². The van der Waals surface area contributed by atoms with E-state index in [1.165, 1.54) is 5.56 Å². The number of aryl methyl sites for hydroxylation is 1. The van der Waals surface area contributed by atoms with Crippen molar-refractivity contribution >= 4 is 17.4 Å². The van der Waals surface area contributed by atoms with Gasteiger partial charge in [-0.3, -0.25) is 0 Å². The average Bonchev–Trinajstić information content (AvgIpc) is 2.47. The highest BCUT2D eigenvalue weighted by Gasteiger charge is 2.27. The molecule has 1 unspecified atom stereocenters. The van der Waals surface area contributed by atoms with Crippen LogP contribution in [0, 0.1) is 6.92 Å². The molecule has 0 radical (unpaired) electrons. The molecule has 110 valence electrons. The maximum Gasteiger partial charge on any atom is 0.134 e. The molecule has 1 atom stereocenters. The Bertz CT molecular complexity index is 597. The number of aromatic nitrogens is 2. The summed E-state index contributed by atoms with van der Waals surface area (Å²) in [5.41, 5.74) is 1.30. The minimum Gasteiger partial charge on any atom is -0.347 e. The van der Waals surface area contributed by atoms with Gasteiger partial charge in [0.15, 0.2) is 0 Å². The van der Waals surface area contributed by atoms with Crippen LogP contribution in [0.15, 0.2) is 36.4 Å². The average molecular weight is 303 g/mol. The lowest BCUT2D eigenvalue weighted by atomic mass is 10.0. The Balaban J connectivity index is 1.98. The zero-order chi connectivity index (χ0) is 14.8. The number of likely N-dealkylation sites (N-methyl/N-ethyl adjacent to an activating group) is 1. The molecule has 1 fully saturated rings. The van der Waals surface area contributed by atoms with E-state index in [0.29, 0.717) is 11.0 Å². The molecular formula is C16H19ClN4. The van der Waals surface area contributed by atoms with Crippen LogP contribution in [-0.2, 0) is 0 Å². The van der Waals surface area contributed by atoms with Crippen LogP contribution in [0.25, 0.3) is 0 Å². The van der Waals surface area contributed by atoms with E-state index in [1.54, 1.807) is 0 Å². The number of piperazine rings is 1. The quantitative estimate of drug-likeness (QED) is 0.799. The lowest BCUT2D eigenvalue weighted by Gasteiger charge is -2.41. The van der Waals surface area contributed by atoms with Crippen LogP contribution in [-0.4, -0.2) is 41.5 Å². The maximum atomic E-state index is 6.10. The molecule has 0 aliphatic carbocycles. The number of halogens is 1. The molecule has 0 N–H and O–H groups in total. The third-order valence-electron chi connectivity index (χ3n) is 3.86. The van der Waals surface area contributed by atoms with Gasteiger partial charge in [-0.1, -0.05) is 41.9 Å². The second-order valence-corrected chi connectivity index (χ2v) is 5.87. The molecule has 0 saturated carbocycles. The Morgan fingerprint density at radius 1 is 1.14 bits per heavy atom. The van der Waals surface area contributed by atoms with Crippen molar-refractivity contribution in [2.24, 2.45) is 0 Å². The molecular weight excluding hydrogens is 284 g/mol. The highest BCUT2D eigenvalue weighted by molar-refractivity contribution is 6.29. The van der Waals surface area contributed by atoms with E-state index < -0.39 is 0 Å². The summed E-state index contributed by atoms with van der Waals surface area (Å²) in [4.78, 5) is 13.4. The van der Waals surface area contributed by atoms with Crippen molar-refractivity contribution in [2.45, 2.75) is 13.0 Å². The summed E-state index contributed by atoms with van der Waals surface area (Å²) in [5, 5.41) is 0.503. The Kier molecular flexibility index (Phi) is 4.08. The third kappa shape index (κ3) is 3.17. The number of benzene rings is 1. The van der Waals surface area contributed by atoms with E-state index in [9.17, 15) is 0 Å². The van der Waals surface area contributed by atoms with Gasteiger partial charge >= 0.3 is 0 Å². The first-order chi connectivity index (χ1) is 10.1. The topological polar surface area (TPSA) is 32.3 Å². The number of rotatable bonds is 2. The van der Waals surface area contributed by atoms with E-state index in [1.807, 2.05) is 19.1 Å². The van der Waals surface area contributed by atoms with Crippen LogP contribution in [0.4, 0.5) is 5.82 Å². The van der Waals surface area contributed by atoms with E-state index in [4.69, 9.17) is 11.6 Å². The van der Waals surface area contributed by atoms with Gasteiger partial charge < -0.3 is 9.80 Å². The van der Waals surface area contributed by atoms with Crippen LogP contribution < -0.4 is 4.90 Å². The largest absolute Gasteiger partial charge is 0.347 e.